The topological polar surface area (TPSA) is 55.1 Å². The van der Waals surface area contributed by atoms with Crippen LogP contribution < -0.4 is 11.1 Å². The zero-order valence-electron chi connectivity index (χ0n) is 12.4. The predicted octanol–water partition coefficient (Wildman–Crippen LogP) is 3.30. The summed E-state index contributed by atoms with van der Waals surface area (Å²) >= 11 is 4.93. The number of rotatable bonds is 4. The van der Waals surface area contributed by atoms with Crippen LogP contribution in [0.2, 0.25) is 0 Å². The number of nitrogens with one attached hydrogen (secondary N) is 1. The first-order valence-corrected chi connectivity index (χ1v) is 8.24. The fourth-order valence-electron chi connectivity index (χ4n) is 2.84. The lowest BCUT2D eigenvalue weighted by atomic mass is 9.90. The second kappa shape index (κ2) is 8.13. The largest absolute Gasteiger partial charge is 0.389 e. The van der Waals surface area contributed by atoms with Crippen molar-refractivity contribution in [2.45, 2.75) is 51.5 Å². The third kappa shape index (κ3) is 5.12. The summed E-state index contributed by atoms with van der Waals surface area (Å²) < 4.78 is 0. The van der Waals surface area contributed by atoms with E-state index in [-0.39, 0.29) is 11.8 Å². The van der Waals surface area contributed by atoms with Crippen molar-refractivity contribution in [3.05, 3.63) is 35.4 Å². The van der Waals surface area contributed by atoms with Crippen molar-refractivity contribution in [1.82, 2.24) is 5.32 Å². The summed E-state index contributed by atoms with van der Waals surface area (Å²) in [5, 5.41) is 3.06. The van der Waals surface area contributed by atoms with Crippen molar-refractivity contribution >= 4 is 23.1 Å². The Morgan fingerprint density at radius 1 is 1.10 bits per heavy atom. The summed E-state index contributed by atoms with van der Waals surface area (Å²) in [6.45, 7) is 0.576. The SMILES string of the molecule is NC(=S)c1ccc(CNC(=O)C2CCCCCCC2)cc1. The van der Waals surface area contributed by atoms with E-state index in [2.05, 4.69) is 5.32 Å². The monoisotopic (exact) mass is 304 g/mol. The molecule has 0 aromatic heterocycles. The molecule has 0 atom stereocenters. The van der Waals surface area contributed by atoms with Gasteiger partial charge in [0, 0.05) is 18.0 Å². The zero-order chi connectivity index (χ0) is 15.1. The Morgan fingerprint density at radius 2 is 1.67 bits per heavy atom. The molecule has 1 aliphatic rings. The molecule has 1 aromatic carbocycles. The van der Waals surface area contributed by atoms with Gasteiger partial charge in [-0.25, -0.2) is 0 Å². The number of carbonyl (C=O) groups is 1. The van der Waals surface area contributed by atoms with E-state index in [9.17, 15) is 4.79 Å². The highest BCUT2D eigenvalue weighted by molar-refractivity contribution is 7.80. The number of nitrogens with two attached hydrogens (primary N) is 1. The van der Waals surface area contributed by atoms with E-state index in [1.54, 1.807) is 0 Å². The van der Waals surface area contributed by atoms with Gasteiger partial charge in [-0.05, 0) is 18.4 Å². The maximum atomic E-state index is 12.3. The molecule has 1 fully saturated rings. The van der Waals surface area contributed by atoms with E-state index in [1.807, 2.05) is 24.3 Å². The third-order valence-corrected chi connectivity index (χ3v) is 4.42. The van der Waals surface area contributed by atoms with Crippen LogP contribution in [0.1, 0.15) is 56.1 Å². The number of carbonyl (C=O) groups excluding carboxylic acids is 1. The van der Waals surface area contributed by atoms with Gasteiger partial charge in [-0.1, -0.05) is 68.6 Å². The van der Waals surface area contributed by atoms with Gasteiger partial charge in [-0.2, -0.15) is 0 Å². The Morgan fingerprint density at radius 3 is 2.24 bits per heavy atom. The molecule has 0 radical (unpaired) electrons. The average Bonchev–Trinajstić information content (AvgIpc) is 2.45. The Hall–Kier alpha value is -1.42. The van der Waals surface area contributed by atoms with Gasteiger partial charge in [0.1, 0.15) is 4.99 Å². The number of hydrogen-bond donors (Lipinski definition) is 2. The quantitative estimate of drug-likeness (QED) is 0.839. The number of amides is 1. The molecule has 1 saturated carbocycles. The van der Waals surface area contributed by atoms with E-state index in [0.717, 1.165) is 24.0 Å². The van der Waals surface area contributed by atoms with Gasteiger partial charge < -0.3 is 11.1 Å². The van der Waals surface area contributed by atoms with Gasteiger partial charge in [0.05, 0.1) is 0 Å². The summed E-state index contributed by atoms with van der Waals surface area (Å²) in [7, 11) is 0. The minimum Gasteiger partial charge on any atom is -0.389 e. The first kappa shape index (κ1) is 16.0. The van der Waals surface area contributed by atoms with Gasteiger partial charge in [-0.3, -0.25) is 4.79 Å². The lowest BCUT2D eigenvalue weighted by molar-refractivity contribution is -0.125. The lowest BCUT2D eigenvalue weighted by Gasteiger charge is -2.19. The first-order chi connectivity index (χ1) is 10.2. The Bertz CT molecular complexity index is 476. The molecule has 0 aliphatic heterocycles. The van der Waals surface area contributed by atoms with Gasteiger partial charge in [0.15, 0.2) is 0 Å². The van der Waals surface area contributed by atoms with Gasteiger partial charge in [-0.15, -0.1) is 0 Å². The van der Waals surface area contributed by atoms with Crippen molar-refractivity contribution in [3.63, 3.8) is 0 Å². The van der Waals surface area contributed by atoms with Crippen LogP contribution >= 0.6 is 12.2 Å². The second-order valence-corrected chi connectivity index (χ2v) is 6.26. The maximum absolute atomic E-state index is 12.3. The highest BCUT2D eigenvalue weighted by Crippen LogP contribution is 2.22. The normalized spacial score (nSPS) is 16.8. The molecule has 0 saturated heterocycles. The van der Waals surface area contributed by atoms with Gasteiger partial charge >= 0.3 is 0 Å². The van der Waals surface area contributed by atoms with Crippen LogP contribution in [0.4, 0.5) is 0 Å². The average molecular weight is 304 g/mol. The summed E-state index contributed by atoms with van der Waals surface area (Å²) in [5.41, 5.74) is 7.51. The highest BCUT2D eigenvalue weighted by Gasteiger charge is 2.18. The predicted molar refractivity (Wildman–Crippen MR) is 90.0 cm³/mol. The summed E-state index contributed by atoms with van der Waals surface area (Å²) in [6, 6.07) is 7.74. The van der Waals surface area contributed by atoms with E-state index >= 15 is 0 Å². The van der Waals surface area contributed by atoms with E-state index < -0.39 is 0 Å². The molecule has 3 N–H and O–H groups in total. The van der Waals surface area contributed by atoms with Crippen LogP contribution in [-0.2, 0) is 11.3 Å². The molecule has 2 rings (SSSR count). The Balaban J connectivity index is 1.83. The van der Waals surface area contributed by atoms with Gasteiger partial charge in [0.25, 0.3) is 0 Å². The number of thiocarbonyl (C=S) groups is 1. The van der Waals surface area contributed by atoms with E-state index in [4.69, 9.17) is 18.0 Å². The molecule has 0 unspecified atom stereocenters. The summed E-state index contributed by atoms with van der Waals surface area (Å²) in [6.07, 6.45) is 8.29. The van der Waals surface area contributed by atoms with Crippen LogP contribution in [0.5, 0.6) is 0 Å². The minimum absolute atomic E-state index is 0.196. The molecule has 1 amide bonds. The first-order valence-electron chi connectivity index (χ1n) is 7.83. The molecular weight excluding hydrogens is 280 g/mol. The van der Waals surface area contributed by atoms with Crippen LogP contribution in [0.3, 0.4) is 0 Å². The van der Waals surface area contributed by atoms with E-state index in [0.29, 0.717) is 11.5 Å². The Labute approximate surface area is 132 Å². The third-order valence-electron chi connectivity index (χ3n) is 4.18. The maximum Gasteiger partial charge on any atom is 0.223 e. The number of benzene rings is 1. The van der Waals surface area contributed by atoms with Crippen LogP contribution in [0, 0.1) is 5.92 Å². The fourth-order valence-corrected chi connectivity index (χ4v) is 2.97. The standard InChI is InChI=1S/C17H24N2OS/c18-16(21)14-10-8-13(9-11-14)12-19-17(20)15-6-4-2-1-3-5-7-15/h8-11,15H,1-7,12H2,(H2,18,21)(H,19,20). The summed E-state index contributed by atoms with van der Waals surface area (Å²) in [4.78, 5) is 12.7. The molecular formula is C17H24N2OS. The molecule has 0 spiro atoms. The van der Waals surface area contributed by atoms with E-state index in [1.165, 1.54) is 32.1 Å². The smallest absolute Gasteiger partial charge is 0.223 e. The van der Waals surface area contributed by atoms with Crippen molar-refractivity contribution in [2.75, 3.05) is 0 Å². The second-order valence-electron chi connectivity index (χ2n) is 5.82. The Kier molecular flexibility index (Phi) is 6.18. The van der Waals surface area contributed by atoms with Gasteiger partial charge in [0.2, 0.25) is 5.91 Å². The highest BCUT2D eigenvalue weighted by atomic mass is 32.1. The van der Waals surface area contributed by atoms with Crippen molar-refractivity contribution in [1.29, 1.82) is 0 Å². The van der Waals surface area contributed by atoms with Crippen molar-refractivity contribution < 1.29 is 4.79 Å². The molecule has 21 heavy (non-hydrogen) atoms. The minimum atomic E-state index is 0.196. The van der Waals surface area contributed by atoms with Crippen molar-refractivity contribution in [2.24, 2.45) is 11.7 Å². The zero-order valence-corrected chi connectivity index (χ0v) is 13.3. The molecule has 0 bridgehead atoms. The van der Waals surface area contributed by atoms with Crippen LogP contribution in [-0.4, -0.2) is 10.9 Å². The fraction of sp³-hybridized carbons (Fsp3) is 0.529. The lowest BCUT2D eigenvalue weighted by Crippen LogP contribution is -2.30. The molecule has 4 heteroatoms. The molecule has 3 nitrogen and oxygen atoms in total. The number of hydrogen-bond acceptors (Lipinski definition) is 2. The van der Waals surface area contributed by atoms with Crippen LogP contribution in [0.15, 0.2) is 24.3 Å². The van der Waals surface area contributed by atoms with Crippen LogP contribution in [0.25, 0.3) is 0 Å². The van der Waals surface area contributed by atoms with Crippen molar-refractivity contribution in [3.8, 4) is 0 Å². The summed E-state index contributed by atoms with van der Waals surface area (Å²) in [5.74, 6) is 0.400. The molecule has 114 valence electrons. The molecule has 1 aromatic rings. The molecule has 0 heterocycles. The molecule has 1 aliphatic carbocycles.